The maximum absolute atomic E-state index is 5.42. The summed E-state index contributed by atoms with van der Waals surface area (Å²) in [6.07, 6.45) is 0.863. The number of benzene rings is 1. The molecule has 3 nitrogen and oxygen atoms in total. The van der Waals surface area contributed by atoms with E-state index in [0.29, 0.717) is 6.61 Å². The highest BCUT2D eigenvalue weighted by Crippen LogP contribution is 2.19. The predicted octanol–water partition coefficient (Wildman–Crippen LogP) is 2.43. The lowest BCUT2D eigenvalue weighted by atomic mass is 10.3. The quantitative estimate of drug-likeness (QED) is 0.780. The number of aryl methyl sites for hydroxylation is 1. The topological polar surface area (TPSA) is 37.9 Å². The lowest BCUT2D eigenvalue weighted by Crippen LogP contribution is -1.90. The van der Waals surface area contributed by atoms with E-state index < -0.39 is 0 Å². The Morgan fingerprint density at radius 2 is 2.33 bits per heavy atom. The Kier molecular flexibility index (Phi) is 3.16. The van der Waals surface area contributed by atoms with Gasteiger partial charge in [-0.05, 0) is 24.8 Å². The first-order chi connectivity index (χ1) is 7.33. The van der Waals surface area contributed by atoms with Crippen molar-refractivity contribution in [3.8, 4) is 5.75 Å². The minimum atomic E-state index is 0.684. The summed E-state index contributed by atoms with van der Waals surface area (Å²) in [5, 5.41) is 0. The Bertz CT molecular complexity index is 449. The van der Waals surface area contributed by atoms with Crippen molar-refractivity contribution in [2.45, 2.75) is 13.3 Å². The standard InChI is InChI=1S/C11H14N2OS/c1-2-14-8-3-4-9-10(7-8)13-11(12-9)5-6-15/h3-4,7,15H,2,5-6H2,1H3,(H,12,13). The van der Waals surface area contributed by atoms with Gasteiger partial charge < -0.3 is 9.72 Å². The van der Waals surface area contributed by atoms with Crippen molar-refractivity contribution in [2.75, 3.05) is 12.4 Å². The van der Waals surface area contributed by atoms with E-state index in [-0.39, 0.29) is 0 Å². The highest BCUT2D eigenvalue weighted by molar-refractivity contribution is 7.80. The van der Waals surface area contributed by atoms with Crippen LogP contribution in [0.25, 0.3) is 11.0 Å². The molecule has 1 aromatic carbocycles. The van der Waals surface area contributed by atoms with Gasteiger partial charge in [0.2, 0.25) is 0 Å². The number of rotatable bonds is 4. The van der Waals surface area contributed by atoms with Crippen molar-refractivity contribution in [1.29, 1.82) is 0 Å². The maximum atomic E-state index is 5.42. The molecule has 2 aromatic rings. The van der Waals surface area contributed by atoms with E-state index in [4.69, 9.17) is 4.74 Å². The second-order valence-electron chi connectivity index (χ2n) is 3.27. The predicted molar refractivity (Wildman–Crippen MR) is 64.8 cm³/mol. The molecular weight excluding hydrogens is 208 g/mol. The molecule has 1 aromatic heterocycles. The van der Waals surface area contributed by atoms with Crippen LogP contribution in [-0.2, 0) is 6.42 Å². The highest BCUT2D eigenvalue weighted by Gasteiger charge is 2.03. The van der Waals surface area contributed by atoms with Crippen LogP contribution < -0.4 is 4.74 Å². The van der Waals surface area contributed by atoms with Crippen molar-refractivity contribution < 1.29 is 4.74 Å². The number of imidazole rings is 1. The highest BCUT2D eigenvalue weighted by atomic mass is 32.1. The summed E-state index contributed by atoms with van der Waals surface area (Å²) in [7, 11) is 0. The van der Waals surface area contributed by atoms with Crippen LogP contribution in [0.1, 0.15) is 12.7 Å². The van der Waals surface area contributed by atoms with Crippen LogP contribution >= 0.6 is 12.6 Å². The van der Waals surface area contributed by atoms with E-state index >= 15 is 0 Å². The van der Waals surface area contributed by atoms with Gasteiger partial charge in [0, 0.05) is 12.5 Å². The molecule has 0 radical (unpaired) electrons. The first-order valence-electron chi connectivity index (χ1n) is 5.05. The fourth-order valence-electron chi connectivity index (χ4n) is 1.52. The summed E-state index contributed by atoms with van der Waals surface area (Å²) < 4.78 is 5.42. The molecule has 0 unspecified atom stereocenters. The van der Waals surface area contributed by atoms with Gasteiger partial charge in [-0.15, -0.1) is 0 Å². The number of fused-ring (bicyclic) bond motifs is 1. The van der Waals surface area contributed by atoms with Gasteiger partial charge in [0.1, 0.15) is 11.6 Å². The minimum Gasteiger partial charge on any atom is -0.494 e. The van der Waals surface area contributed by atoms with Gasteiger partial charge in [0.15, 0.2) is 0 Å². The molecule has 0 amide bonds. The molecule has 4 heteroatoms. The number of hydrogen-bond donors (Lipinski definition) is 2. The average molecular weight is 222 g/mol. The molecular formula is C11H14N2OS. The van der Waals surface area contributed by atoms with E-state index in [1.54, 1.807) is 0 Å². The molecule has 0 aliphatic rings. The Hall–Kier alpha value is -1.16. The smallest absolute Gasteiger partial charge is 0.121 e. The third-order valence-electron chi connectivity index (χ3n) is 2.16. The van der Waals surface area contributed by atoms with Crippen molar-refractivity contribution in [2.24, 2.45) is 0 Å². The zero-order chi connectivity index (χ0) is 10.7. The molecule has 1 heterocycles. The van der Waals surface area contributed by atoms with Gasteiger partial charge in [-0.1, -0.05) is 0 Å². The van der Waals surface area contributed by atoms with Crippen LogP contribution in [0.4, 0.5) is 0 Å². The monoisotopic (exact) mass is 222 g/mol. The molecule has 0 saturated carbocycles. The van der Waals surface area contributed by atoms with Crippen LogP contribution in [0.2, 0.25) is 0 Å². The number of ether oxygens (including phenoxy) is 1. The largest absolute Gasteiger partial charge is 0.494 e. The van der Waals surface area contributed by atoms with Crippen molar-refractivity contribution >= 4 is 23.7 Å². The third-order valence-corrected chi connectivity index (χ3v) is 2.39. The molecule has 0 aliphatic carbocycles. The summed E-state index contributed by atoms with van der Waals surface area (Å²) in [5.74, 6) is 2.66. The lowest BCUT2D eigenvalue weighted by Gasteiger charge is -2.00. The zero-order valence-electron chi connectivity index (χ0n) is 8.66. The van der Waals surface area contributed by atoms with Crippen molar-refractivity contribution in [3.05, 3.63) is 24.0 Å². The summed E-state index contributed by atoms with van der Waals surface area (Å²) in [5.41, 5.74) is 2.01. The van der Waals surface area contributed by atoms with Crippen LogP contribution in [0.15, 0.2) is 18.2 Å². The van der Waals surface area contributed by atoms with E-state index in [2.05, 4.69) is 22.6 Å². The molecule has 1 N–H and O–H groups in total. The summed E-state index contributed by atoms with van der Waals surface area (Å²) >= 11 is 4.18. The molecule has 80 valence electrons. The number of nitrogens with zero attached hydrogens (tertiary/aromatic N) is 1. The summed E-state index contributed by atoms with van der Waals surface area (Å²) in [4.78, 5) is 7.70. The second-order valence-corrected chi connectivity index (χ2v) is 3.72. The van der Waals surface area contributed by atoms with Crippen LogP contribution in [0.3, 0.4) is 0 Å². The minimum absolute atomic E-state index is 0.684. The fourth-order valence-corrected chi connectivity index (χ4v) is 1.73. The fraction of sp³-hybridized carbons (Fsp3) is 0.364. The van der Waals surface area contributed by atoms with Gasteiger partial charge in [-0.25, -0.2) is 4.98 Å². The molecule has 0 spiro atoms. The molecule has 0 bridgehead atoms. The molecule has 0 atom stereocenters. The Balaban J connectivity index is 2.34. The Morgan fingerprint density at radius 3 is 3.07 bits per heavy atom. The van der Waals surface area contributed by atoms with Crippen LogP contribution in [0, 0.1) is 0 Å². The molecule has 0 aliphatic heterocycles. The number of aromatic nitrogens is 2. The molecule has 0 fully saturated rings. The number of thiol groups is 1. The van der Waals surface area contributed by atoms with Crippen LogP contribution in [0.5, 0.6) is 5.75 Å². The van der Waals surface area contributed by atoms with E-state index in [1.807, 2.05) is 25.1 Å². The van der Waals surface area contributed by atoms with Gasteiger partial charge >= 0.3 is 0 Å². The van der Waals surface area contributed by atoms with E-state index in [0.717, 1.165) is 34.8 Å². The van der Waals surface area contributed by atoms with Crippen molar-refractivity contribution in [1.82, 2.24) is 9.97 Å². The Morgan fingerprint density at radius 1 is 1.47 bits per heavy atom. The molecule has 15 heavy (non-hydrogen) atoms. The van der Waals surface area contributed by atoms with Gasteiger partial charge in [0.25, 0.3) is 0 Å². The van der Waals surface area contributed by atoms with Gasteiger partial charge in [-0.3, -0.25) is 0 Å². The summed E-state index contributed by atoms with van der Waals surface area (Å²) in [6, 6.07) is 5.89. The number of hydrogen-bond acceptors (Lipinski definition) is 3. The lowest BCUT2D eigenvalue weighted by molar-refractivity contribution is 0.340. The van der Waals surface area contributed by atoms with Gasteiger partial charge in [-0.2, -0.15) is 12.6 Å². The number of aromatic amines is 1. The molecule has 2 rings (SSSR count). The normalized spacial score (nSPS) is 10.8. The van der Waals surface area contributed by atoms with Crippen molar-refractivity contribution in [3.63, 3.8) is 0 Å². The number of H-pyrrole nitrogens is 1. The first kappa shape index (κ1) is 10.4. The Labute approximate surface area is 94.3 Å². The van der Waals surface area contributed by atoms with E-state index in [9.17, 15) is 0 Å². The number of nitrogens with one attached hydrogen (secondary N) is 1. The average Bonchev–Trinajstić information content (AvgIpc) is 2.60. The third kappa shape index (κ3) is 2.26. The zero-order valence-corrected chi connectivity index (χ0v) is 9.55. The molecule has 0 saturated heterocycles. The SMILES string of the molecule is CCOc1ccc2nc(CCS)[nH]c2c1. The second kappa shape index (κ2) is 4.57. The summed E-state index contributed by atoms with van der Waals surface area (Å²) in [6.45, 7) is 2.66. The van der Waals surface area contributed by atoms with Crippen LogP contribution in [-0.4, -0.2) is 22.3 Å². The first-order valence-corrected chi connectivity index (χ1v) is 5.69. The van der Waals surface area contributed by atoms with Gasteiger partial charge in [0.05, 0.1) is 17.6 Å². The maximum Gasteiger partial charge on any atom is 0.121 e. The van der Waals surface area contributed by atoms with E-state index in [1.165, 1.54) is 0 Å².